The summed E-state index contributed by atoms with van der Waals surface area (Å²) in [5, 5.41) is 41.6. The number of nitrogens with one attached hydrogen (secondary N) is 3. The monoisotopic (exact) mass is 1610 g/mol. The quantitative estimate of drug-likeness (QED) is 0.0189. The van der Waals surface area contributed by atoms with Crippen LogP contribution in [0.4, 0.5) is 34.1 Å². The van der Waals surface area contributed by atoms with Crippen molar-refractivity contribution in [1.82, 2.24) is 0 Å². The molecule has 550 valence electrons. The number of nitro groups is 3. The molecule has 0 aliphatic rings. The smallest absolute Gasteiger partial charge is 0.337 e. The average molecular weight is 1610 g/mol. The van der Waals surface area contributed by atoms with E-state index in [9.17, 15) is 49.5 Å². The molecule has 0 fully saturated rings. The maximum Gasteiger partial charge on any atom is 0.337 e. The first-order valence-electron chi connectivity index (χ1n) is 33.6. The van der Waals surface area contributed by atoms with Crippen LogP contribution in [0.15, 0.2) is 177 Å². The predicted octanol–water partition coefficient (Wildman–Crippen LogP) is 22.2. The summed E-state index contributed by atoms with van der Waals surface area (Å²) < 4.78 is 5.74. The third kappa shape index (κ3) is 34.6. The number of unbranched alkanes of at least 4 members (excludes halogenated alkanes) is 9. The van der Waals surface area contributed by atoms with E-state index in [2.05, 4.69) is 185 Å². The number of ether oxygens (including phenoxy) is 1. The maximum atomic E-state index is 11.8. The van der Waals surface area contributed by atoms with Crippen LogP contribution in [0.2, 0.25) is 0 Å². The summed E-state index contributed by atoms with van der Waals surface area (Å²) in [6.07, 6.45) is 23.7. The highest BCUT2D eigenvalue weighted by Crippen LogP contribution is 2.35. The molecule has 0 atom stereocenters. The Labute approximate surface area is 644 Å². The van der Waals surface area contributed by atoms with Gasteiger partial charge in [-0.25, -0.2) is 4.79 Å². The molecule has 0 unspecified atom stereocenters. The van der Waals surface area contributed by atoms with E-state index in [1.807, 2.05) is 55.5 Å². The molecule has 3 amide bonds. The third-order valence-corrected chi connectivity index (χ3v) is 17.0. The summed E-state index contributed by atoms with van der Waals surface area (Å²) in [5.41, 5.74) is 10.5. The normalized spacial score (nSPS) is 9.66. The maximum absolute atomic E-state index is 11.8. The molecule has 0 spiro atoms. The van der Waals surface area contributed by atoms with Gasteiger partial charge in [0.05, 0.1) is 54.5 Å². The van der Waals surface area contributed by atoms with Gasteiger partial charge in [-0.05, 0) is 189 Å². The Morgan fingerprint density at radius 1 is 0.419 bits per heavy atom. The van der Waals surface area contributed by atoms with Crippen molar-refractivity contribution in [3.05, 3.63) is 274 Å². The van der Waals surface area contributed by atoms with Crippen molar-refractivity contribution in [2.75, 3.05) is 23.1 Å². The Morgan fingerprint density at radius 3 is 1.16 bits per heavy atom. The molecular formula is C85H93Br3N6O11. The molecule has 0 aliphatic carbocycles. The van der Waals surface area contributed by atoms with Crippen molar-refractivity contribution >= 4 is 106 Å². The van der Waals surface area contributed by atoms with Crippen LogP contribution in [0.3, 0.4) is 0 Å². The van der Waals surface area contributed by atoms with Crippen molar-refractivity contribution < 1.29 is 38.7 Å². The van der Waals surface area contributed by atoms with Gasteiger partial charge < -0.3 is 20.7 Å². The molecule has 0 aromatic heterocycles. The van der Waals surface area contributed by atoms with E-state index in [-0.39, 0.29) is 66.7 Å². The van der Waals surface area contributed by atoms with Gasteiger partial charge in [-0.15, -0.1) is 6.42 Å². The zero-order valence-corrected chi connectivity index (χ0v) is 64.0. The van der Waals surface area contributed by atoms with Crippen molar-refractivity contribution in [1.29, 1.82) is 0 Å². The van der Waals surface area contributed by atoms with Crippen LogP contribution in [0.5, 0.6) is 0 Å². The number of hydrogen-bond donors (Lipinski definition) is 3. The number of benzene rings is 8. The Morgan fingerprint density at radius 2 is 0.771 bits per heavy atom. The number of carbonyl (C=O) groups is 4. The number of halogens is 3. The number of nitro benzene ring substituents is 3. The fourth-order valence-electron chi connectivity index (χ4n) is 9.59. The zero-order chi connectivity index (χ0) is 75.6. The van der Waals surface area contributed by atoms with Gasteiger partial charge in [0.2, 0.25) is 17.7 Å². The number of rotatable bonds is 22. The van der Waals surface area contributed by atoms with Gasteiger partial charge in [-0.2, -0.15) is 0 Å². The molecule has 3 N–H and O–H groups in total. The predicted molar refractivity (Wildman–Crippen MR) is 436 cm³/mol. The van der Waals surface area contributed by atoms with E-state index < -0.39 is 14.8 Å². The van der Waals surface area contributed by atoms with Gasteiger partial charge in [0.1, 0.15) is 11.1 Å². The van der Waals surface area contributed by atoms with E-state index in [1.54, 1.807) is 24.3 Å². The second kappa shape index (κ2) is 50.0. The number of aryl methyl sites for hydroxylation is 4. The highest BCUT2D eigenvalue weighted by atomic mass is 79.9. The standard InChI is InChI=1S/C31H30N2O3.C22H23BrN2O3.C12H18.C10H8O2.C8H6Br2N2O3.2CH4/c1-4-5-6-7-8-25-13-15-27(16-14-25)18-20-29-21-30(32-24(3)34)28(22-31(29)33(35)36)19-17-26-11-9-23(2)10-12-26;1-3-4-5-6-7-17-8-10-18(11-9-17)12-13-19-14-21(24-16(2)26)20(23)15-22(19)25(27)28;1-2-3-4-6-9-12-10-7-5-8-11-12;1-3-8-4-6-9(7-5-8)10(11)12-2;1-4(13)11-7-2-6(10)8(12(14)15)3-5(7)9;;/h9-16,21-22H,4-8H2,1-3H3,(H,32,34);8-11,14-15H,3-7H2,1-2H3,(H,24,26);5,7-8,10-11H,2-4,6,9H2,1H3;1,4-7H,2H3;2-3H,1H3,(H,11,13);2*1H4. The van der Waals surface area contributed by atoms with E-state index in [0.29, 0.717) is 41.6 Å². The second-order valence-electron chi connectivity index (χ2n) is 23.5. The van der Waals surface area contributed by atoms with Crippen LogP contribution in [-0.2, 0) is 38.4 Å². The van der Waals surface area contributed by atoms with Crippen LogP contribution < -0.4 is 16.0 Å². The van der Waals surface area contributed by atoms with Gasteiger partial charge in [0, 0.05) is 70.2 Å². The van der Waals surface area contributed by atoms with Crippen LogP contribution >= 0.6 is 47.8 Å². The van der Waals surface area contributed by atoms with Crippen LogP contribution in [0.25, 0.3) is 0 Å². The first-order valence-corrected chi connectivity index (χ1v) is 36.0. The lowest BCUT2D eigenvalue weighted by atomic mass is 10.0. The fourth-order valence-corrected chi connectivity index (χ4v) is 10.9. The molecular weight excluding hydrogens is 1520 g/mol. The molecule has 0 saturated carbocycles. The lowest BCUT2D eigenvalue weighted by Gasteiger charge is -2.07. The molecule has 17 nitrogen and oxygen atoms in total. The van der Waals surface area contributed by atoms with Gasteiger partial charge in [-0.3, -0.25) is 44.7 Å². The first kappa shape index (κ1) is 90.6. The number of carbonyl (C=O) groups excluding carboxylic acids is 4. The van der Waals surface area contributed by atoms with Crippen molar-refractivity contribution in [2.45, 2.75) is 160 Å². The molecule has 20 heteroatoms. The van der Waals surface area contributed by atoms with Crippen molar-refractivity contribution in [3.8, 4) is 47.9 Å². The number of methoxy groups -OCH3 is 1. The number of anilines is 3. The van der Waals surface area contributed by atoms with Crippen LogP contribution in [0, 0.1) is 85.1 Å². The van der Waals surface area contributed by atoms with E-state index in [4.69, 9.17) is 6.42 Å². The minimum atomic E-state index is -0.508. The Bertz CT molecular complexity index is 4410. The molecule has 0 aliphatic heterocycles. The van der Waals surface area contributed by atoms with E-state index >= 15 is 0 Å². The molecule has 0 radical (unpaired) electrons. The first-order chi connectivity index (χ1) is 49.4. The van der Waals surface area contributed by atoms with Gasteiger partial charge in [0.15, 0.2) is 0 Å². The van der Waals surface area contributed by atoms with Crippen molar-refractivity contribution in [2.24, 2.45) is 0 Å². The number of nitrogens with zero attached hydrogens (tertiary/aromatic N) is 3. The Balaban J connectivity index is 0.000000478. The number of hydrogen-bond acceptors (Lipinski definition) is 11. The van der Waals surface area contributed by atoms with Gasteiger partial charge in [0.25, 0.3) is 17.1 Å². The van der Waals surface area contributed by atoms with Crippen LogP contribution in [-0.4, -0.2) is 45.6 Å². The lowest BCUT2D eigenvalue weighted by Crippen LogP contribution is -2.08. The van der Waals surface area contributed by atoms with Gasteiger partial charge in [-0.1, -0.05) is 207 Å². The molecule has 8 aromatic carbocycles. The summed E-state index contributed by atoms with van der Waals surface area (Å²) in [7, 11) is 1.34. The zero-order valence-electron chi connectivity index (χ0n) is 59.2. The highest BCUT2D eigenvalue weighted by molar-refractivity contribution is 9.11. The second-order valence-corrected chi connectivity index (χ2v) is 26.1. The SMILES string of the molecule is C.C.C#Cc1ccc(C(=O)OC)cc1.CC(=O)Nc1cc(Br)c([N+](=O)[O-])cc1Br.CCCCCCc1ccc(C#Cc2cc(NC(C)=O)c(Br)cc2[N+](=O)[O-])cc1.CCCCCCc1ccc(C#Cc2cc(NC(C)=O)c(C#Cc3ccc(C)cc3)cc2[N+](=O)[O-])cc1.CCCCCCc1ccccc1. The number of amides is 3. The molecule has 0 saturated heterocycles. The molecule has 8 rings (SSSR count). The largest absolute Gasteiger partial charge is 0.465 e. The highest BCUT2D eigenvalue weighted by Gasteiger charge is 2.20. The Kier molecular flexibility index (Phi) is 43.2. The minimum absolute atomic E-state index is 0. The summed E-state index contributed by atoms with van der Waals surface area (Å²) in [6.45, 7) is 12.8. The number of esters is 1. The molecule has 105 heavy (non-hydrogen) atoms. The lowest BCUT2D eigenvalue weighted by molar-refractivity contribution is -0.385. The summed E-state index contributed by atoms with van der Waals surface area (Å²) in [4.78, 5) is 77.1. The molecule has 0 heterocycles. The number of terminal acetylenes is 1. The summed E-state index contributed by atoms with van der Waals surface area (Å²) in [5.74, 6) is 19.1. The third-order valence-electron chi connectivity index (χ3n) is 15.0. The molecule has 0 bridgehead atoms. The molecule has 8 aromatic rings. The van der Waals surface area contributed by atoms with E-state index in [1.165, 1.54) is 158 Å². The fraction of sp³-hybridized carbons (Fsp3) is 0.294. The average Bonchev–Trinajstić information content (AvgIpc) is 0.825. The summed E-state index contributed by atoms with van der Waals surface area (Å²) >= 11 is 9.44. The van der Waals surface area contributed by atoms with E-state index in [0.717, 1.165) is 47.1 Å². The van der Waals surface area contributed by atoms with Gasteiger partial charge >= 0.3 is 5.97 Å². The topological polar surface area (TPSA) is 243 Å². The summed E-state index contributed by atoms with van der Waals surface area (Å²) in [6, 6.07) is 49.6. The minimum Gasteiger partial charge on any atom is -0.465 e. The van der Waals surface area contributed by atoms with Crippen molar-refractivity contribution in [3.63, 3.8) is 0 Å². The van der Waals surface area contributed by atoms with Crippen LogP contribution in [0.1, 0.15) is 205 Å². The Hall–Kier alpha value is -10.5.